The van der Waals surface area contributed by atoms with Crippen LogP contribution in [0.2, 0.25) is 0 Å². The van der Waals surface area contributed by atoms with Crippen LogP contribution in [0.1, 0.15) is 17.7 Å². The van der Waals surface area contributed by atoms with Crippen LogP contribution in [0.4, 0.5) is 0 Å². The number of nitrogens with zero attached hydrogens (tertiary/aromatic N) is 1. The summed E-state index contributed by atoms with van der Waals surface area (Å²) in [6, 6.07) is 8.10. The van der Waals surface area contributed by atoms with Crippen LogP contribution < -0.4 is 0 Å². The van der Waals surface area contributed by atoms with Crippen LogP contribution in [0, 0.1) is 11.8 Å². The highest BCUT2D eigenvalue weighted by Gasteiger charge is 2.50. The summed E-state index contributed by atoms with van der Waals surface area (Å²) in [5, 5.41) is 10.1. The summed E-state index contributed by atoms with van der Waals surface area (Å²) in [6.07, 6.45) is 1.30. The summed E-state index contributed by atoms with van der Waals surface area (Å²) in [7, 11) is 0. The van der Waals surface area contributed by atoms with E-state index in [1.165, 1.54) is 11.3 Å². The highest BCUT2D eigenvalue weighted by atomic mass is 16.4. The Labute approximate surface area is 121 Å². The summed E-state index contributed by atoms with van der Waals surface area (Å²) in [5.41, 5.74) is 3.48. The molecule has 2 aliphatic rings. The van der Waals surface area contributed by atoms with Gasteiger partial charge in [0.15, 0.2) is 0 Å². The lowest BCUT2D eigenvalue weighted by Crippen LogP contribution is -2.37. The minimum Gasteiger partial charge on any atom is -0.481 e. The monoisotopic (exact) mass is 284 g/mol. The minimum atomic E-state index is -0.849. The molecule has 1 aromatic carbocycles. The van der Waals surface area contributed by atoms with E-state index < -0.39 is 11.9 Å². The van der Waals surface area contributed by atoms with Gasteiger partial charge in [-0.05, 0) is 12.5 Å². The van der Waals surface area contributed by atoms with Crippen molar-refractivity contribution < 1.29 is 14.7 Å². The first-order valence-corrected chi connectivity index (χ1v) is 7.25. The van der Waals surface area contributed by atoms with Crippen molar-refractivity contribution in [3.05, 3.63) is 35.5 Å². The van der Waals surface area contributed by atoms with Crippen LogP contribution in [-0.4, -0.2) is 33.4 Å². The van der Waals surface area contributed by atoms with E-state index in [2.05, 4.69) is 11.1 Å². The number of benzene rings is 1. The lowest BCUT2D eigenvalue weighted by atomic mass is 10.0. The topological polar surface area (TPSA) is 73.4 Å². The lowest BCUT2D eigenvalue weighted by molar-refractivity contribution is -0.142. The van der Waals surface area contributed by atoms with Crippen molar-refractivity contribution in [1.82, 2.24) is 9.88 Å². The number of carboxylic acid groups (broad SMARTS) is 1. The fourth-order valence-corrected chi connectivity index (χ4v) is 3.33. The number of aliphatic carboxylic acids is 1. The van der Waals surface area contributed by atoms with Gasteiger partial charge in [-0.2, -0.15) is 0 Å². The van der Waals surface area contributed by atoms with Gasteiger partial charge < -0.3 is 15.0 Å². The predicted molar refractivity (Wildman–Crippen MR) is 76.7 cm³/mol. The van der Waals surface area contributed by atoms with E-state index in [1.54, 1.807) is 0 Å². The van der Waals surface area contributed by atoms with E-state index in [0.29, 0.717) is 19.5 Å². The molecule has 1 aromatic heterocycles. The number of H-pyrrole nitrogens is 1. The standard InChI is InChI=1S/C16H16N2O3/c19-15(10-7-11(10)16(20)21)18-6-5-14-12(8-18)9-3-1-2-4-13(9)17-14/h1-4,10-11,17H,5-8H2,(H,20,21). The molecular weight excluding hydrogens is 268 g/mol. The van der Waals surface area contributed by atoms with Crippen molar-refractivity contribution in [1.29, 1.82) is 0 Å². The Morgan fingerprint density at radius 2 is 2.05 bits per heavy atom. The smallest absolute Gasteiger partial charge is 0.307 e. The summed E-state index contributed by atoms with van der Waals surface area (Å²) >= 11 is 0. The molecule has 2 atom stereocenters. The van der Waals surface area contributed by atoms with E-state index in [4.69, 9.17) is 5.11 Å². The van der Waals surface area contributed by atoms with Crippen molar-refractivity contribution in [2.75, 3.05) is 6.54 Å². The number of fused-ring (bicyclic) bond motifs is 3. The molecule has 1 fully saturated rings. The van der Waals surface area contributed by atoms with Gasteiger partial charge in [-0.1, -0.05) is 18.2 Å². The zero-order chi connectivity index (χ0) is 14.6. The van der Waals surface area contributed by atoms with Gasteiger partial charge in [0.1, 0.15) is 0 Å². The van der Waals surface area contributed by atoms with E-state index in [0.717, 1.165) is 17.3 Å². The SMILES string of the molecule is O=C(O)C1CC1C(=O)N1CCc2[nH]c3ccccc3c2C1. The molecule has 0 bridgehead atoms. The second kappa shape index (κ2) is 4.35. The Bertz CT molecular complexity index is 749. The number of aromatic nitrogens is 1. The second-order valence-electron chi connectivity index (χ2n) is 5.92. The number of amides is 1. The normalized spacial score (nSPS) is 23.9. The molecular formula is C16H16N2O3. The quantitative estimate of drug-likeness (QED) is 0.882. The second-order valence-corrected chi connectivity index (χ2v) is 5.92. The summed E-state index contributed by atoms with van der Waals surface area (Å²) in [5.74, 6) is -1.63. The number of nitrogens with one attached hydrogen (secondary N) is 1. The summed E-state index contributed by atoms with van der Waals surface area (Å²) in [6.45, 7) is 1.25. The fourth-order valence-electron chi connectivity index (χ4n) is 3.33. The van der Waals surface area contributed by atoms with Gasteiger partial charge in [0.25, 0.3) is 0 Å². The van der Waals surface area contributed by atoms with Crippen LogP contribution in [0.15, 0.2) is 24.3 Å². The molecule has 2 aromatic rings. The van der Waals surface area contributed by atoms with E-state index >= 15 is 0 Å². The molecule has 2 N–H and O–H groups in total. The van der Waals surface area contributed by atoms with E-state index in [1.807, 2.05) is 23.1 Å². The van der Waals surface area contributed by atoms with Crippen molar-refractivity contribution in [2.24, 2.45) is 11.8 Å². The van der Waals surface area contributed by atoms with Gasteiger partial charge in [0.2, 0.25) is 5.91 Å². The molecule has 1 saturated carbocycles. The van der Waals surface area contributed by atoms with Crippen molar-refractivity contribution in [3.63, 3.8) is 0 Å². The molecule has 5 heteroatoms. The van der Waals surface area contributed by atoms with Gasteiger partial charge in [0.05, 0.1) is 11.8 Å². The zero-order valence-electron chi connectivity index (χ0n) is 11.5. The zero-order valence-corrected chi connectivity index (χ0v) is 11.5. The highest BCUT2D eigenvalue weighted by Crippen LogP contribution is 2.41. The molecule has 21 heavy (non-hydrogen) atoms. The third-order valence-corrected chi connectivity index (χ3v) is 4.62. The van der Waals surface area contributed by atoms with Crippen molar-refractivity contribution in [2.45, 2.75) is 19.4 Å². The van der Waals surface area contributed by atoms with Gasteiger partial charge >= 0.3 is 5.97 Å². The van der Waals surface area contributed by atoms with Crippen LogP contribution in [0.5, 0.6) is 0 Å². The predicted octanol–water partition coefficient (Wildman–Crippen LogP) is 1.77. The van der Waals surface area contributed by atoms with Crippen molar-refractivity contribution >= 4 is 22.8 Å². The minimum absolute atomic E-state index is 0.00155. The first kappa shape index (κ1) is 12.4. The molecule has 1 aliphatic heterocycles. The Morgan fingerprint density at radius 3 is 2.81 bits per heavy atom. The Kier molecular flexibility index (Phi) is 2.58. The largest absolute Gasteiger partial charge is 0.481 e. The average molecular weight is 284 g/mol. The molecule has 1 amide bonds. The lowest BCUT2D eigenvalue weighted by Gasteiger charge is -2.27. The third kappa shape index (κ3) is 1.92. The van der Waals surface area contributed by atoms with Gasteiger partial charge in [-0.3, -0.25) is 9.59 Å². The molecule has 2 unspecified atom stereocenters. The number of hydrogen-bond acceptors (Lipinski definition) is 2. The van der Waals surface area contributed by atoms with Crippen LogP contribution >= 0.6 is 0 Å². The number of aromatic amines is 1. The Hall–Kier alpha value is -2.30. The van der Waals surface area contributed by atoms with Crippen LogP contribution in [0.25, 0.3) is 10.9 Å². The van der Waals surface area contributed by atoms with E-state index in [-0.39, 0.29) is 11.8 Å². The summed E-state index contributed by atoms with van der Waals surface area (Å²) in [4.78, 5) is 28.5. The molecule has 5 nitrogen and oxygen atoms in total. The molecule has 0 spiro atoms. The first-order valence-electron chi connectivity index (χ1n) is 7.25. The average Bonchev–Trinajstić information content (AvgIpc) is 3.21. The number of rotatable bonds is 2. The van der Waals surface area contributed by atoms with Crippen LogP contribution in [0.3, 0.4) is 0 Å². The molecule has 1 aliphatic carbocycles. The number of para-hydroxylation sites is 1. The molecule has 108 valence electrons. The number of carboxylic acids is 1. The number of hydrogen-bond donors (Lipinski definition) is 2. The Balaban J connectivity index is 1.59. The van der Waals surface area contributed by atoms with E-state index in [9.17, 15) is 9.59 Å². The fraction of sp³-hybridized carbons (Fsp3) is 0.375. The number of carbonyl (C=O) groups is 2. The molecule has 0 saturated heterocycles. The van der Waals surface area contributed by atoms with Gasteiger partial charge in [-0.25, -0.2) is 0 Å². The molecule has 4 rings (SSSR count). The highest BCUT2D eigenvalue weighted by molar-refractivity contribution is 5.90. The van der Waals surface area contributed by atoms with Crippen LogP contribution in [-0.2, 0) is 22.6 Å². The summed E-state index contributed by atoms with van der Waals surface area (Å²) < 4.78 is 0. The molecule has 2 heterocycles. The molecule has 0 radical (unpaired) electrons. The maximum absolute atomic E-state index is 12.4. The first-order chi connectivity index (χ1) is 10.1. The maximum atomic E-state index is 12.4. The maximum Gasteiger partial charge on any atom is 0.307 e. The number of carbonyl (C=O) groups excluding carboxylic acids is 1. The van der Waals surface area contributed by atoms with Gasteiger partial charge in [-0.15, -0.1) is 0 Å². The van der Waals surface area contributed by atoms with Crippen molar-refractivity contribution in [3.8, 4) is 0 Å². The van der Waals surface area contributed by atoms with Gasteiger partial charge in [0, 0.05) is 41.7 Å². The third-order valence-electron chi connectivity index (χ3n) is 4.62. The Morgan fingerprint density at radius 1 is 1.24 bits per heavy atom.